The molecule has 0 fully saturated rings. The topological polar surface area (TPSA) is 53.1 Å². The molecule has 0 radical (unpaired) electrons. The van der Waals surface area contributed by atoms with Gasteiger partial charge >= 0.3 is 0 Å². The Morgan fingerprint density at radius 2 is 2.22 bits per heavy atom. The predicted molar refractivity (Wildman–Crippen MR) is 73.9 cm³/mol. The number of nitrogens with two attached hydrogens (primary N) is 1. The third-order valence-electron chi connectivity index (χ3n) is 2.65. The Hall–Kier alpha value is -1.46. The van der Waals surface area contributed by atoms with Crippen molar-refractivity contribution in [3.8, 4) is 5.75 Å². The molecule has 0 saturated heterocycles. The number of hydrogen-bond donors (Lipinski definition) is 1. The van der Waals surface area contributed by atoms with Crippen molar-refractivity contribution in [2.24, 2.45) is 12.8 Å². The van der Waals surface area contributed by atoms with Crippen LogP contribution in [0, 0.1) is 0 Å². The van der Waals surface area contributed by atoms with Gasteiger partial charge in [-0.05, 0) is 18.4 Å². The lowest BCUT2D eigenvalue weighted by molar-refractivity contribution is 0.209. The molecule has 0 aliphatic rings. The lowest BCUT2D eigenvalue weighted by Crippen LogP contribution is -2.18. The number of para-hydroxylation sites is 1. The first-order valence-electron chi connectivity index (χ1n) is 5.73. The highest BCUT2D eigenvalue weighted by Crippen LogP contribution is 2.30. The van der Waals surface area contributed by atoms with E-state index in [-0.39, 0.29) is 6.10 Å². The molecule has 5 heteroatoms. The summed E-state index contributed by atoms with van der Waals surface area (Å²) in [6, 6.07) is 7.97. The van der Waals surface area contributed by atoms with Crippen molar-refractivity contribution in [2.75, 3.05) is 12.8 Å². The van der Waals surface area contributed by atoms with E-state index >= 15 is 0 Å². The van der Waals surface area contributed by atoms with Crippen molar-refractivity contribution < 1.29 is 4.74 Å². The van der Waals surface area contributed by atoms with Gasteiger partial charge < -0.3 is 10.5 Å². The number of aryl methyl sites for hydroxylation is 1. The number of rotatable bonds is 5. The van der Waals surface area contributed by atoms with Crippen molar-refractivity contribution in [1.82, 2.24) is 9.78 Å². The van der Waals surface area contributed by atoms with E-state index in [9.17, 15) is 0 Å². The second-order valence-corrected chi connectivity index (χ2v) is 4.79. The molecule has 1 heterocycles. The van der Waals surface area contributed by atoms with Gasteiger partial charge in [-0.25, -0.2) is 0 Å². The zero-order valence-electron chi connectivity index (χ0n) is 10.5. The highest BCUT2D eigenvalue weighted by molar-refractivity contribution is 7.98. The van der Waals surface area contributed by atoms with E-state index in [0.717, 1.165) is 16.2 Å². The second kappa shape index (κ2) is 5.93. The zero-order chi connectivity index (χ0) is 13.0. The third kappa shape index (κ3) is 2.86. The summed E-state index contributed by atoms with van der Waals surface area (Å²) >= 11 is 1.66. The molecule has 1 aromatic heterocycles. The summed E-state index contributed by atoms with van der Waals surface area (Å²) in [5.41, 5.74) is 6.78. The molecular weight excluding hydrogens is 246 g/mol. The summed E-state index contributed by atoms with van der Waals surface area (Å²) in [6.07, 6.45) is 5.59. The lowest BCUT2D eigenvalue weighted by Gasteiger charge is -2.17. The Bertz CT molecular complexity index is 512. The van der Waals surface area contributed by atoms with Gasteiger partial charge in [0.05, 0.1) is 6.20 Å². The summed E-state index contributed by atoms with van der Waals surface area (Å²) in [4.78, 5) is 1.11. The summed E-state index contributed by atoms with van der Waals surface area (Å²) in [5.74, 6) is 0.865. The molecule has 1 unspecified atom stereocenters. The molecule has 18 heavy (non-hydrogen) atoms. The van der Waals surface area contributed by atoms with E-state index in [4.69, 9.17) is 10.5 Å². The first-order valence-corrected chi connectivity index (χ1v) is 6.95. The van der Waals surface area contributed by atoms with E-state index < -0.39 is 0 Å². The van der Waals surface area contributed by atoms with Gasteiger partial charge in [-0.15, -0.1) is 11.8 Å². The number of hydrogen-bond acceptors (Lipinski definition) is 4. The maximum atomic E-state index is 5.99. The standard InChI is InChI=1S/C13H17N3OS/c1-16-9-10(8-15-16)12(7-14)17-11-5-3-4-6-13(11)18-2/h3-6,8-9,12H,7,14H2,1-2H3. The summed E-state index contributed by atoms with van der Waals surface area (Å²) in [6.45, 7) is 0.425. The molecule has 0 amide bonds. The normalized spacial score (nSPS) is 12.4. The zero-order valence-corrected chi connectivity index (χ0v) is 11.4. The van der Waals surface area contributed by atoms with Crippen LogP contribution in [0.5, 0.6) is 5.75 Å². The molecule has 2 N–H and O–H groups in total. The first-order chi connectivity index (χ1) is 8.74. The molecule has 96 valence electrons. The molecule has 0 aliphatic heterocycles. The van der Waals surface area contributed by atoms with Crippen molar-refractivity contribution in [3.63, 3.8) is 0 Å². The van der Waals surface area contributed by atoms with Gasteiger partial charge in [0.15, 0.2) is 0 Å². The fourth-order valence-electron chi connectivity index (χ4n) is 1.73. The molecule has 0 bridgehead atoms. The van der Waals surface area contributed by atoms with E-state index in [1.807, 2.05) is 43.8 Å². The van der Waals surface area contributed by atoms with Crippen LogP contribution in [0.2, 0.25) is 0 Å². The minimum absolute atomic E-state index is 0.160. The van der Waals surface area contributed by atoms with E-state index in [0.29, 0.717) is 6.54 Å². The Morgan fingerprint density at radius 1 is 1.44 bits per heavy atom. The smallest absolute Gasteiger partial charge is 0.139 e. The highest BCUT2D eigenvalue weighted by Gasteiger charge is 2.14. The predicted octanol–water partition coefficient (Wildman–Crippen LogP) is 2.22. The van der Waals surface area contributed by atoms with E-state index in [1.54, 1.807) is 22.6 Å². The molecule has 1 atom stereocenters. The number of nitrogens with zero attached hydrogens (tertiary/aromatic N) is 2. The summed E-state index contributed by atoms with van der Waals surface area (Å²) in [7, 11) is 1.88. The van der Waals surface area contributed by atoms with Crippen LogP contribution in [-0.2, 0) is 7.05 Å². The van der Waals surface area contributed by atoms with Crippen LogP contribution in [0.3, 0.4) is 0 Å². The number of thioether (sulfide) groups is 1. The van der Waals surface area contributed by atoms with Crippen LogP contribution in [-0.4, -0.2) is 22.6 Å². The Balaban J connectivity index is 2.20. The average molecular weight is 263 g/mol. The first kappa shape index (κ1) is 13.0. The van der Waals surface area contributed by atoms with Crippen molar-refractivity contribution >= 4 is 11.8 Å². The van der Waals surface area contributed by atoms with Crippen LogP contribution in [0.25, 0.3) is 0 Å². The molecule has 0 saturated carbocycles. The SMILES string of the molecule is CSc1ccccc1OC(CN)c1cnn(C)c1. The van der Waals surface area contributed by atoms with Crippen LogP contribution < -0.4 is 10.5 Å². The third-order valence-corrected chi connectivity index (χ3v) is 3.43. The van der Waals surface area contributed by atoms with Gasteiger partial charge in [0.1, 0.15) is 11.9 Å². The van der Waals surface area contributed by atoms with Gasteiger partial charge in [-0.1, -0.05) is 12.1 Å². The van der Waals surface area contributed by atoms with Crippen LogP contribution >= 0.6 is 11.8 Å². The second-order valence-electron chi connectivity index (χ2n) is 3.94. The fraction of sp³-hybridized carbons (Fsp3) is 0.308. The van der Waals surface area contributed by atoms with Crippen LogP contribution in [0.1, 0.15) is 11.7 Å². The molecule has 0 spiro atoms. The molecule has 0 aliphatic carbocycles. The van der Waals surface area contributed by atoms with Crippen LogP contribution in [0.15, 0.2) is 41.6 Å². The molecule has 2 aromatic rings. The average Bonchev–Trinajstić information content (AvgIpc) is 2.83. The highest BCUT2D eigenvalue weighted by atomic mass is 32.2. The Kier molecular flexibility index (Phi) is 4.28. The van der Waals surface area contributed by atoms with Gasteiger partial charge in [0, 0.05) is 30.2 Å². The minimum Gasteiger partial charge on any atom is -0.483 e. The minimum atomic E-state index is -0.160. The van der Waals surface area contributed by atoms with Crippen molar-refractivity contribution in [1.29, 1.82) is 0 Å². The van der Waals surface area contributed by atoms with Crippen LogP contribution in [0.4, 0.5) is 0 Å². The quantitative estimate of drug-likeness (QED) is 0.840. The molecule has 4 nitrogen and oxygen atoms in total. The van der Waals surface area contributed by atoms with E-state index in [1.165, 1.54) is 0 Å². The number of benzene rings is 1. The largest absolute Gasteiger partial charge is 0.483 e. The number of aromatic nitrogens is 2. The molecule has 1 aromatic carbocycles. The maximum Gasteiger partial charge on any atom is 0.139 e. The summed E-state index contributed by atoms with van der Waals surface area (Å²) in [5, 5.41) is 4.15. The lowest BCUT2D eigenvalue weighted by atomic mass is 10.2. The molecule has 2 rings (SSSR count). The van der Waals surface area contributed by atoms with Gasteiger partial charge in [0.25, 0.3) is 0 Å². The molecular formula is C13H17N3OS. The Labute approximate surface area is 111 Å². The monoisotopic (exact) mass is 263 g/mol. The van der Waals surface area contributed by atoms with Gasteiger partial charge in [-0.3, -0.25) is 4.68 Å². The van der Waals surface area contributed by atoms with Gasteiger partial charge in [-0.2, -0.15) is 5.10 Å². The van der Waals surface area contributed by atoms with E-state index in [2.05, 4.69) is 5.10 Å². The Morgan fingerprint density at radius 3 is 2.83 bits per heavy atom. The maximum absolute atomic E-state index is 5.99. The van der Waals surface area contributed by atoms with Crippen molar-refractivity contribution in [2.45, 2.75) is 11.0 Å². The summed E-state index contributed by atoms with van der Waals surface area (Å²) < 4.78 is 7.74. The van der Waals surface area contributed by atoms with Crippen molar-refractivity contribution in [3.05, 3.63) is 42.2 Å². The fourth-order valence-corrected chi connectivity index (χ4v) is 2.26. The van der Waals surface area contributed by atoms with Gasteiger partial charge in [0.2, 0.25) is 0 Å². The number of ether oxygens (including phenoxy) is 1.